The molecule has 0 aliphatic carbocycles. The maximum atomic E-state index is 15.0. The van der Waals surface area contributed by atoms with Gasteiger partial charge in [-0.1, -0.05) is 154 Å². The Morgan fingerprint density at radius 3 is 1.89 bits per heavy atom. The van der Waals surface area contributed by atoms with Crippen molar-refractivity contribution in [2.45, 2.75) is 214 Å². The first-order chi connectivity index (χ1) is 49.4. The van der Waals surface area contributed by atoms with Crippen LogP contribution in [0.1, 0.15) is 167 Å². The number of amides is 8. The third-order valence-electron chi connectivity index (χ3n) is 20.4. The highest BCUT2D eigenvalue weighted by atomic mass is 16.5. The number of ketones is 3. The first kappa shape index (κ1) is 86.2. The molecule has 5 N–H and O–H groups in total. The van der Waals surface area contributed by atoms with Crippen molar-refractivity contribution in [3.05, 3.63) is 119 Å². The quantitative estimate of drug-likeness (QED) is 0.0235. The number of methoxy groups -OCH3 is 3. The average molecular weight is 1450 g/mol. The van der Waals surface area contributed by atoms with E-state index in [9.17, 15) is 57.5 Å². The number of carbonyl (C=O) groups excluding carboxylic acids is 12. The van der Waals surface area contributed by atoms with Crippen LogP contribution < -0.4 is 21.7 Å². The molecule has 2 heterocycles. The van der Waals surface area contributed by atoms with Gasteiger partial charge in [-0.3, -0.25) is 57.7 Å². The number of unbranched alkanes of at least 4 members (excludes halogenated alkanes) is 2. The molecule has 3 aromatic carbocycles. The summed E-state index contributed by atoms with van der Waals surface area (Å²) in [4.78, 5) is 167. The fraction of sp³-hybridized carbons (Fsp3) is 0.600. The summed E-state index contributed by atoms with van der Waals surface area (Å²) in [5, 5.41) is 8.28. The number of nitrogens with one attached hydrogen (secondary N) is 3. The lowest BCUT2D eigenvalue weighted by molar-refractivity contribution is -0.150. The summed E-state index contributed by atoms with van der Waals surface area (Å²) in [5.74, 6) is -6.38. The molecule has 0 spiro atoms. The number of hydrogen-bond donors (Lipinski definition) is 4. The Balaban J connectivity index is 1.15. The molecule has 3 aromatic rings. The number of nitrogens with zero attached hydrogens (tertiary/aromatic N) is 4. The highest BCUT2D eigenvalue weighted by Gasteiger charge is 2.44. The number of likely N-dealkylation sites (tertiary alicyclic amines) is 1. The lowest BCUT2D eigenvalue weighted by Crippen LogP contribution is -2.55. The Kier molecular flexibility index (Phi) is 35.7. The van der Waals surface area contributed by atoms with Gasteiger partial charge in [0.25, 0.3) is 11.8 Å². The standard InChI is InChI=1S/C80H116N8O16/c1-15-53(8)74(68(101-12)47-71(94)87-40-24-31-65(87)75(102-13)54(9)76(96)84-64(79(99)103-14)42-55-25-18-16-19-26-55)86(11)78(98)62(51(4)5)46-67(91)73(52(6)7)85(10)48-59-28-22-27-58(41-59)44-72(95)104-49-57-34-32-56(33-35-57)43-66(90)63(30-23-38-82-80(81)100)83-77(97)61(50(2)3)45-60(89)29-20-17-21-39-88-69(92)36-37-70(88)93/h16,18-19,22,25-28,32-37,41,50-54,61-65,68,73-75H,15,17,20-21,23-24,29-31,38-40,42-49H2,1-14H3,(H,83,97)(H,84,96)(H3,81,82,100)/t53-,54+,61-,62-,63-,64-,65-,68+,73-,74-,75+/m0/s1. The number of urea groups is 1. The lowest BCUT2D eigenvalue weighted by atomic mass is 9.83. The molecule has 104 heavy (non-hydrogen) atoms. The Bertz CT molecular complexity index is 3380. The van der Waals surface area contributed by atoms with Crippen LogP contribution in [0.2, 0.25) is 0 Å². The van der Waals surface area contributed by atoms with Gasteiger partial charge in [0.05, 0.1) is 62.2 Å². The summed E-state index contributed by atoms with van der Waals surface area (Å²) >= 11 is 0. The van der Waals surface area contributed by atoms with Crippen LogP contribution >= 0.6 is 0 Å². The predicted octanol–water partition coefficient (Wildman–Crippen LogP) is 8.24. The van der Waals surface area contributed by atoms with Crippen LogP contribution in [0.5, 0.6) is 0 Å². The zero-order valence-corrected chi connectivity index (χ0v) is 63.8. The SMILES string of the molecule is CC[C@H](C)[C@@H]([C@@H](CC(=O)N1CCC[C@H]1[C@H](OC)[C@@H](C)C(=O)N[C@@H](Cc1ccccc1)C(=O)OC)OC)N(C)C(=O)[C@@H](CC(=O)[C@H](C(C)C)N(C)Cc1cccc(CC(=O)OCc2ccc(CC(=O)[C@H](CCCNC(N)=O)NC(=O)[C@@H](CC(=O)CCCCCN3C(=O)C=CC3=O)C(C)C)cc2)c1)C(C)C. The first-order valence-electron chi connectivity index (χ1n) is 36.9. The van der Waals surface area contributed by atoms with Crippen molar-refractivity contribution >= 4 is 70.8 Å². The molecule has 0 aromatic heterocycles. The van der Waals surface area contributed by atoms with Crippen molar-refractivity contribution in [1.82, 2.24) is 35.6 Å². The van der Waals surface area contributed by atoms with E-state index < -0.39 is 90.0 Å². The second-order valence-corrected chi connectivity index (χ2v) is 29.2. The molecule has 1 saturated heterocycles. The highest BCUT2D eigenvalue weighted by Crippen LogP contribution is 2.32. The summed E-state index contributed by atoms with van der Waals surface area (Å²) in [5.41, 5.74) is 9.02. The van der Waals surface area contributed by atoms with Gasteiger partial charge >= 0.3 is 18.0 Å². The van der Waals surface area contributed by atoms with E-state index in [1.54, 1.807) is 48.0 Å². The molecule has 11 atom stereocenters. The van der Waals surface area contributed by atoms with E-state index in [4.69, 9.17) is 24.7 Å². The molecule has 24 heteroatoms. The Labute approximate surface area is 615 Å². The summed E-state index contributed by atoms with van der Waals surface area (Å²) in [6, 6.07) is 19.7. The number of rotatable bonds is 46. The zero-order valence-electron chi connectivity index (χ0n) is 63.8. The minimum absolute atomic E-state index is 0.0221. The van der Waals surface area contributed by atoms with Gasteiger partial charge in [0.15, 0.2) is 11.6 Å². The number of primary amides is 1. The van der Waals surface area contributed by atoms with E-state index in [1.165, 1.54) is 33.5 Å². The Morgan fingerprint density at radius 2 is 1.29 bits per heavy atom. The molecule has 2 aliphatic heterocycles. The molecule has 8 amide bonds. The third kappa shape index (κ3) is 26.3. The molecule has 2 aliphatic rings. The summed E-state index contributed by atoms with van der Waals surface area (Å²) < 4.78 is 22.9. The number of ether oxygens (including phenoxy) is 4. The number of likely N-dealkylation sites (N-methyl/N-ethyl adjacent to an activating group) is 2. The second kappa shape index (κ2) is 43.1. The minimum atomic E-state index is -0.939. The maximum Gasteiger partial charge on any atom is 0.328 e. The molecular formula is C80H116N8O16. The number of benzene rings is 3. The predicted molar refractivity (Wildman–Crippen MR) is 394 cm³/mol. The van der Waals surface area contributed by atoms with Crippen LogP contribution in [0.25, 0.3) is 0 Å². The van der Waals surface area contributed by atoms with E-state index in [1.807, 2.05) is 122 Å². The van der Waals surface area contributed by atoms with E-state index >= 15 is 0 Å². The summed E-state index contributed by atoms with van der Waals surface area (Å²) in [7, 11) is 7.93. The normalized spacial score (nSPS) is 16.7. The highest BCUT2D eigenvalue weighted by molar-refractivity contribution is 6.12. The number of carbonyl (C=O) groups is 12. The van der Waals surface area contributed by atoms with Gasteiger partial charge in [-0.2, -0.15) is 0 Å². The molecule has 5 rings (SSSR count). The smallest absolute Gasteiger partial charge is 0.328 e. The van der Waals surface area contributed by atoms with Gasteiger partial charge in [0, 0.05) is 104 Å². The lowest BCUT2D eigenvalue weighted by Gasteiger charge is -2.41. The van der Waals surface area contributed by atoms with Gasteiger partial charge in [0.2, 0.25) is 23.6 Å². The molecule has 0 unspecified atom stereocenters. The molecule has 1 fully saturated rings. The maximum absolute atomic E-state index is 15.0. The van der Waals surface area contributed by atoms with Crippen LogP contribution in [0.4, 0.5) is 4.79 Å². The van der Waals surface area contributed by atoms with Gasteiger partial charge in [-0.25, -0.2) is 9.59 Å². The number of hydrogen-bond acceptors (Lipinski definition) is 17. The fourth-order valence-corrected chi connectivity index (χ4v) is 14.3. The monoisotopic (exact) mass is 1440 g/mol. The zero-order chi connectivity index (χ0) is 76.9. The van der Waals surface area contributed by atoms with Crippen molar-refractivity contribution in [3.8, 4) is 0 Å². The van der Waals surface area contributed by atoms with Crippen molar-refractivity contribution < 1.29 is 76.5 Å². The van der Waals surface area contributed by atoms with E-state index in [0.29, 0.717) is 74.7 Å². The van der Waals surface area contributed by atoms with Crippen LogP contribution in [-0.2, 0) is 104 Å². The molecule has 572 valence electrons. The van der Waals surface area contributed by atoms with Crippen molar-refractivity contribution in [3.63, 3.8) is 0 Å². The van der Waals surface area contributed by atoms with E-state index in [0.717, 1.165) is 16.0 Å². The first-order valence-corrected chi connectivity index (χ1v) is 36.9. The topological polar surface area (TPSA) is 317 Å². The Hall–Kier alpha value is -8.48. The minimum Gasteiger partial charge on any atom is -0.467 e. The number of Topliss-reactive ketones (excluding diaryl/α,β-unsaturated/α-hetero) is 3. The summed E-state index contributed by atoms with van der Waals surface area (Å²) in [6.07, 6.45) is 5.47. The number of esters is 2. The molecule has 0 bridgehead atoms. The van der Waals surface area contributed by atoms with E-state index in [2.05, 4.69) is 16.0 Å². The van der Waals surface area contributed by atoms with Crippen LogP contribution in [0.15, 0.2) is 91.0 Å². The Morgan fingerprint density at radius 1 is 0.654 bits per heavy atom. The average Bonchev–Trinajstić information content (AvgIpc) is 1.55. The van der Waals surface area contributed by atoms with Gasteiger partial charge in [-0.15, -0.1) is 0 Å². The molecule has 0 radical (unpaired) electrons. The number of imide groups is 1. The molecule has 24 nitrogen and oxygen atoms in total. The van der Waals surface area contributed by atoms with Gasteiger partial charge in [0.1, 0.15) is 18.4 Å². The van der Waals surface area contributed by atoms with Crippen molar-refractivity contribution in [2.24, 2.45) is 47.2 Å². The van der Waals surface area contributed by atoms with Crippen molar-refractivity contribution in [1.29, 1.82) is 0 Å². The molecular weight excluding hydrogens is 1330 g/mol. The van der Waals surface area contributed by atoms with Crippen LogP contribution in [-0.4, -0.2) is 188 Å². The fourth-order valence-electron chi connectivity index (χ4n) is 14.3. The largest absolute Gasteiger partial charge is 0.467 e. The summed E-state index contributed by atoms with van der Waals surface area (Å²) in [6.45, 7) is 18.5. The molecule has 0 saturated carbocycles. The van der Waals surface area contributed by atoms with E-state index in [-0.39, 0.29) is 136 Å². The third-order valence-corrected chi connectivity index (χ3v) is 20.4. The van der Waals surface area contributed by atoms with Crippen molar-refractivity contribution in [2.75, 3.05) is 55.1 Å². The van der Waals surface area contributed by atoms with Crippen LogP contribution in [0.3, 0.4) is 0 Å². The number of nitrogens with two attached hydrogens (primary N) is 1. The second-order valence-electron chi connectivity index (χ2n) is 29.2. The van der Waals surface area contributed by atoms with Crippen LogP contribution in [0, 0.1) is 41.4 Å². The van der Waals surface area contributed by atoms with Gasteiger partial charge in [-0.05, 0) is 97.1 Å². The van der Waals surface area contributed by atoms with Gasteiger partial charge < -0.3 is 50.4 Å².